The average molecular weight is 416 g/mol. The van der Waals surface area contributed by atoms with E-state index in [-0.39, 0.29) is 12.1 Å². The molecule has 2 heterocycles. The summed E-state index contributed by atoms with van der Waals surface area (Å²) >= 11 is 0. The molecule has 0 fully saturated rings. The van der Waals surface area contributed by atoms with Gasteiger partial charge in [0, 0.05) is 26.0 Å². The van der Waals surface area contributed by atoms with Crippen molar-refractivity contribution in [1.82, 2.24) is 34.8 Å². The van der Waals surface area contributed by atoms with Gasteiger partial charge in [-0.3, -0.25) is 4.68 Å². The van der Waals surface area contributed by atoms with Crippen LogP contribution in [0.4, 0.5) is 4.79 Å². The van der Waals surface area contributed by atoms with Crippen LogP contribution in [0.5, 0.6) is 0 Å². The Kier molecular flexibility index (Phi) is 6.07. The predicted molar refractivity (Wildman–Crippen MR) is 118 cm³/mol. The van der Waals surface area contributed by atoms with Crippen LogP contribution in [0, 0.1) is 0 Å². The van der Waals surface area contributed by atoms with Gasteiger partial charge in [-0.05, 0) is 41.8 Å². The standard InChI is InChI=1S/C23H25N7O/c1-18(19-8-10-22(11-9-19)30-17-24-16-27-30)28(2)23(31)25-14-20-6-3-4-7-21(20)15-29-13-5-12-26-29/h3-13,16-18H,14-15H2,1-2H3,(H,25,31). The van der Waals surface area contributed by atoms with Crippen LogP contribution in [0.15, 0.2) is 79.6 Å². The minimum atomic E-state index is -0.123. The number of carbonyl (C=O) groups is 1. The first kappa shape index (κ1) is 20.3. The van der Waals surface area contributed by atoms with Crippen molar-refractivity contribution in [3.63, 3.8) is 0 Å². The van der Waals surface area contributed by atoms with Crippen LogP contribution in [0.3, 0.4) is 0 Å². The molecule has 1 atom stereocenters. The summed E-state index contributed by atoms with van der Waals surface area (Å²) in [7, 11) is 1.81. The minimum absolute atomic E-state index is 0.0795. The van der Waals surface area contributed by atoms with Crippen LogP contribution < -0.4 is 5.32 Å². The summed E-state index contributed by atoms with van der Waals surface area (Å²) < 4.78 is 3.57. The van der Waals surface area contributed by atoms with Crippen molar-refractivity contribution in [1.29, 1.82) is 0 Å². The molecule has 2 aromatic heterocycles. The number of nitrogens with one attached hydrogen (secondary N) is 1. The number of amides is 2. The highest BCUT2D eigenvalue weighted by atomic mass is 16.2. The van der Waals surface area contributed by atoms with E-state index in [1.54, 1.807) is 29.2 Å². The van der Waals surface area contributed by atoms with E-state index in [0.717, 1.165) is 22.4 Å². The summed E-state index contributed by atoms with van der Waals surface area (Å²) in [6.07, 6.45) is 6.85. The number of hydrogen-bond acceptors (Lipinski definition) is 4. The summed E-state index contributed by atoms with van der Waals surface area (Å²) in [4.78, 5) is 18.5. The second-order valence-corrected chi connectivity index (χ2v) is 7.35. The Morgan fingerprint density at radius 1 is 1.06 bits per heavy atom. The van der Waals surface area contributed by atoms with Gasteiger partial charge in [0.05, 0.1) is 18.3 Å². The third-order valence-corrected chi connectivity index (χ3v) is 5.40. The summed E-state index contributed by atoms with van der Waals surface area (Å²) in [6, 6.07) is 17.7. The molecule has 1 N–H and O–H groups in total. The Morgan fingerprint density at radius 2 is 1.84 bits per heavy atom. The quantitative estimate of drug-likeness (QED) is 0.502. The lowest BCUT2D eigenvalue weighted by Gasteiger charge is -2.26. The van der Waals surface area contributed by atoms with Crippen molar-refractivity contribution in [2.45, 2.75) is 26.1 Å². The highest BCUT2D eigenvalue weighted by molar-refractivity contribution is 5.74. The van der Waals surface area contributed by atoms with Crippen LogP contribution in [-0.2, 0) is 13.1 Å². The van der Waals surface area contributed by atoms with Gasteiger partial charge in [-0.2, -0.15) is 10.2 Å². The number of carbonyl (C=O) groups excluding carboxylic acids is 1. The lowest BCUT2D eigenvalue weighted by Crippen LogP contribution is -2.38. The Bertz CT molecular complexity index is 1110. The number of rotatable bonds is 7. The van der Waals surface area contributed by atoms with Crippen molar-refractivity contribution in [3.05, 3.63) is 96.3 Å². The zero-order valence-corrected chi connectivity index (χ0v) is 17.6. The van der Waals surface area contributed by atoms with E-state index in [9.17, 15) is 4.79 Å². The molecule has 31 heavy (non-hydrogen) atoms. The second-order valence-electron chi connectivity index (χ2n) is 7.35. The molecule has 0 saturated carbocycles. The van der Waals surface area contributed by atoms with Gasteiger partial charge in [-0.1, -0.05) is 36.4 Å². The highest BCUT2D eigenvalue weighted by Crippen LogP contribution is 2.20. The summed E-state index contributed by atoms with van der Waals surface area (Å²) in [5.41, 5.74) is 4.17. The van der Waals surface area contributed by atoms with Crippen molar-refractivity contribution in [2.24, 2.45) is 0 Å². The molecule has 2 aromatic carbocycles. The minimum Gasteiger partial charge on any atom is -0.334 e. The van der Waals surface area contributed by atoms with Gasteiger partial charge in [0.1, 0.15) is 12.7 Å². The van der Waals surface area contributed by atoms with Gasteiger partial charge >= 0.3 is 6.03 Å². The summed E-state index contributed by atoms with van der Waals surface area (Å²) in [5, 5.41) is 11.4. The third-order valence-electron chi connectivity index (χ3n) is 5.40. The van der Waals surface area contributed by atoms with Crippen molar-refractivity contribution < 1.29 is 4.79 Å². The maximum absolute atomic E-state index is 12.8. The fraction of sp³-hybridized carbons (Fsp3) is 0.217. The fourth-order valence-corrected chi connectivity index (χ4v) is 3.39. The zero-order chi connectivity index (χ0) is 21.6. The lowest BCUT2D eigenvalue weighted by atomic mass is 10.1. The number of aromatic nitrogens is 5. The first-order chi connectivity index (χ1) is 15.1. The molecule has 8 nitrogen and oxygen atoms in total. The van der Waals surface area contributed by atoms with Gasteiger partial charge in [-0.25, -0.2) is 14.5 Å². The molecule has 158 valence electrons. The number of urea groups is 1. The van der Waals surface area contributed by atoms with Gasteiger partial charge in [0.2, 0.25) is 0 Å². The molecule has 8 heteroatoms. The second kappa shape index (κ2) is 9.25. The van der Waals surface area contributed by atoms with Crippen LogP contribution in [-0.4, -0.2) is 42.5 Å². The molecule has 2 amide bonds. The van der Waals surface area contributed by atoms with E-state index in [1.165, 1.54) is 6.33 Å². The fourth-order valence-electron chi connectivity index (χ4n) is 3.39. The Labute approximate surface area is 181 Å². The van der Waals surface area contributed by atoms with Gasteiger partial charge in [0.15, 0.2) is 0 Å². The molecule has 0 saturated heterocycles. The maximum atomic E-state index is 12.8. The average Bonchev–Trinajstić information content (AvgIpc) is 3.52. The largest absolute Gasteiger partial charge is 0.334 e. The summed E-state index contributed by atoms with van der Waals surface area (Å²) in [6.45, 7) is 3.14. The van der Waals surface area contributed by atoms with E-state index in [0.29, 0.717) is 13.1 Å². The number of nitrogens with zero attached hydrogens (tertiary/aromatic N) is 6. The van der Waals surface area contributed by atoms with Crippen molar-refractivity contribution >= 4 is 6.03 Å². The van der Waals surface area contributed by atoms with Crippen molar-refractivity contribution in [2.75, 3.05) is 7.05 Å². The van der Waals surface area contributed by atoms with E-state index in [2.05, 4.69) is 26.6 Å². The Balaban J connectivity index is 1.37. The maximum Gasteiger partial charge on any atom is 0.317 e. The topological polar surface area (TPSA) is 80.9 Å². The van der Waals surface area contributed by atoms with Crippen LogP contribution >= 0.6 is 0 Å². The molecular weight excluding hydrogens is 390 g/mol. The highest BCUT2D eigenvalue weighted by Gasteiger charge is 2.17. The van der Waals surface area contributed by atoms with E-state index >= 15 is 0 Å². The number of hydrogen-bond donors (Lipinski definition) is 1. The predicted octanol–water partition coefficient (Wildman–Crippen LogP) is 3.41. The third kappa shape index (κ3) is 4.80. The first-order valence-electron chi connectivity index (χ1n) is 10.1. The van der Waals surface area contributed by atoms with Gasteiger partial charge in [0.25, 0.3) is 0 Å². The molecule has 0 radical (unpaired) electrons. The SMILES string of the molecule is CC(c1ccc(-n2cncn2)cc1)N(C)C(=O)NCc1ccccc1Cn1cccn1. The first-order valence-corrected chi connectivity index (χ1v) is 10.1. The van der Waals surface area contributed by atoms with Gasteiger partial charge < -0.3 is 10.2 Å². The van der Waals surface area contributed by atoms with Crippen LogP contribution in [0.2, 0.25) is 0 Å². The monoisotopic (exact) mass is 415 g/mol. The van der Waals surface area contributed by atoms with Crippen LogP contribution in [0.1, 0.15) is 29.7 Å². The molecule has 0 aliphatic rings. The molecule has 4 rings (SSSR count). The molecule has 1 unspecified atom stereocenters. The molecule has 4 aromatic rings. The molecule has 0 spiro atoms. The van der Waals surface area contributed by atoms with E-state index in [4.69, 9.17) is 0 Å². The zero-order valence-electron chi connectivity index (χ0n) is 17.6. The van der Waals surface area contributed by atoms with E-state index in [1.807, 2.05) is 66.3 Å². The lowest BCUT2D eigenvalue weighted by molar-refractivity contribution is 0.194. The normalized spacial score (nSPS) is 11.8. The molecular formula is C23H25N7O. The van der Waals surface area contributed by atoms with Crippen LogP contribution in [0.25, 0.3) is 5.69 Å². The van der Waals surface area contributed by atoms with Crippen molar-refractivity contribution in [3.8, 4) is 5.69 Å². The molecule has 0 aliphatic heterocycles. The van der Waals surface area contributed by atoms with E-state index < -0.39 is 0 Å². The smallest absolute Gasteiger partial charge is 0.317 e. The Hall–Kier alpha value is -3.94. The molecule has 0 bridgehead atoms. The number of benzene rings is 2. The summed E-state index contributed by atoms with van der Waals surface area (Å²) in [5.74, 6) is 0. The molecule has 0 aliphatic carbocycles. The van der Waals surface area contributed by atoms with Gasteiger partial charge in [-0.15, -0.1) is 0 Å². The Morgan fingerprint density at radius 3 is 2.52 bits per heavy atom.